The number of hydrogen-bond acceptors (Lipinski definition) is 10. The maximum atomic E-state index is 12.3. The molecule has 0 saturated carbocycles. The summed E-state index contributed by atoms with van der Waals surface area (Å²) in [7, 11) is 1.34. The van der Waals surface area contributed by atoms with Gasteiger partial charge in [0.2, 0.25) is 0 Å². The van der Waals surface area contributed by atoms with E-state index in [1.165, 1.54) is 25.3 Å². The van der Waals surface area contributed by atoms with Crippen molar-refractivity contribution >= 4 is 11.9 Å². The Kier molecular flexibility index (Phi) is 7.21. The van der Waals surface area contributed by atoms with E-state index in [4.69, 9.17) is 18.9 Å². The van der Waals surface area contributed by atoms with Gasteiger partial charge in [0.25, 0.3) is 0 Å². The average Bonchev–Trinajstić information content (AvgIpc) is 2.79. The maximum Gasteiger partial charge on any atom is 0.343 e. The van der Waals surface area contributed by atoms with E-state index in [-0.39, 0.29) is 17.1 Å². The van der Waals surface area contributed by atoms with Crippen molar-refractivity contribution in [2.75, 3.05) is 13.7 Å². The van der Waals surface area contributed by atoms with Crippen LogP contribution in [0.4, 0.5) is 0 Å². The van der Waals surface area contributed by atoms with Crippen LogP contribution in [0, 0.1) is 0 Å². The molecule has 10 heteroatoms. The molecule has 1 unspecified atom stereocenters. The Balaban J connectivity index is 1.65. The summed E-state index contributed by atoms with van der Waals surface area (Å²) in [6.45, 7) is -0.492. The van der Waals surface area contributed by atoms with Crippen LogP contribution in [0.3, 0.4) is 0 Å². The molecule has 1 heterocycles. The number of aliphatic hydroxyl groups excluding tert-OH is 4. The molecule has 1 aliphatic heterocycles. The summed E-state index contributed by atoms with van der Waals surface area (Å²) in [5.74, 6) is -1.21. The predicted molar refractivity (Wildman–Crippen MR) is 104 cm³/mol. The second-order valence-corrected chi connectivity index (χ2v) is 6.76. The Hall–Kier alpha value is -3.02. The molecule has 10 nitrogen and oxygen atoms in total. The number of benzene rings is 2. The molecule has 5 atom stereocenters. The van der Waals surface area contributed by atoms with E-state index in [9.17, 15) is 30.0 Å². The molecular formula is C21H22O10. The fraction of sp³-hybridized carbons (Fsp3) is 0.333. The Bertz CT molecular complexity index is 916. The lowest BCUT2D eigenvalue weighted by Gasteiger charge is -2.37. The number of carbonyl (C=O) groups excluding carboxylic acids is 2. The van der Waals surface area contributed by atoms with Crippen molar-refractivity contribution in [3.8, 4) is 11.5 Å². The van der Waals surface area contributed by atoms with Gasteiger partial charge < -0.3 is 39.4 Å². The van der Waals surface area contributed by atoms with Crippen molar-refractivity contribution in [1.29, 1.82) is 0 Å². The van der Waals surface area contributed by atoms with Crippen LogP contribution in [-0.4, -0.2) is 76.8 Å². The van der Waals surface area contributed by atoms with Crippen molar-refractivity contribution < 1.29 is 49.0 Å². The largest absolute Gasteiger partial charge is 0.493 e. The minimum atomic E-state index is -1.74. The number of hydrogen-bond donors (Lipinski definition) is 4. The Morgan fingerprint density at radius 1 is 0.871 bits per heavy atom. The molecule has 0 spiro atoms. The third-order valence-corrected chi connectivity index (χ3v) is 4.68. The molecule has 1 saturated heterocycles. The third kappa shape index (κ3) is 5.19. The Labute approximate surface area is 177 Å². The first-order chi connectivity index (χ1) is 14.8. The van der Waals surface area contributed by atoms with Gasteiger partial charge in [-0.25, -0.2) is 9.59 Å². The number of ether oxygens (including phenoxy) is 4. The van der Waals surface area contributed by atoms with Gasteiger partial charge in [0.1, 0.15) is 31.0 Å². The highest BCUT2D eigenvalue weighted by atomic mass is 16.6. The van der Waals surface area contributed by atoms with Crippen LogP contribution >= 0.6 is 0 Å². The molecule has 166 valence electrons. The first-order valence-corrected chi connectivity index (χ1v) is 9.32. The molecule has 2 aromatic rings. The first-order valence-electron chi connectivity index (χ1n) is 9.32. The number of rotatable bonds is 6. The summed E-state index contributed by atoms with van der Waals surface area (Å²) < 4.78 is 20.5. The van der Waals surface area contributed by atoms with Gasteiger partial charge in [-0.15, -0.1) is 0 Å². The van der Waals surface area contributed by atoms with E-state index in [0.29, 0.717) is 5.56 Å². The number of esters is 2. The van der Waals surface area contributed by atoms with Crippen LogP contribution in [0.5, 0.6) is 11.5 Å². The quantitative estimate of drug-likeness (QED) is 0.357. The second kappa shape index (κ2) is 9.86. The monoisotopic (exact) mass is 434 g/mol. The molecule has 0 aliphatic carbocycles. The maximum absolute atomic E-state index is 12.3. The van der Waals surface area contributed by atoms with Gasteiger partial charge >= 0.3 is 11.9 Å². The van der Waals surface area contributed by atoms with E-state index >= 15 is 0 Å². The van der Waals surface area contributed by atoms with Gasteiger partial charge in [-0.1, -0.05) is 18.2 Å². The van der Waals surface area contributed by atoms with Crippen LogP contribution < -0.4 is 9.47 Å². The summed E-state index contributed by atoms with van der Waals surface area (Å²) in [6.07, 6.45) is -7.89. The fourth-order valence-electron chi connectivity index (χ4n) is 2.92. The van der Waals surface area contributed by atoms with E-state index in [0.717, 1.165) is 0 Å². The van der Waals surface area contributed by atoms with E-state index in [2.05, 4.69) is 0 Å². The number of carbonyl (C=O) groups is 2. The standard InChI is InChI=1S/C21H22O10/c1-28-14-9-12(7-8-13(14)30-20(26)11-5-3-2-4-6-11)19(25)29-10-15-16(22)17(23)18(24)21(27)31-15/h2-9,15-18,21-24,27H,10H2,1H3/t15-,16-,17+,18-,21?/m1/s1. The lowest BCUT2D eigenvalue weighted by molar-refractivity contribution is -0.286. The van der Waals surface area contributed by atoms with Crippen molar-refractivity contribution in [3.05, 3.63) is 59.7 Å². The minimum Gasteiger partial charge on any atom is -0.493 e. The molecule has 0 amide bonds. The highest BCUT2D eigenvalue weighted by molar-refractivity contribution is 5.92. The molecule has 1 fully saturated rings. The molecule has 4 N–H and O–H groups in total. The Morgan fingerprint density at radius 2 is 1.58 bits per heavy atom. The molecule has 31 heavy (non-hydrogen) atoms. The van der Waals surface area contributed by atoms with Crippen LogP contribution in [0.25, 0.3) is 0 Å². The average molecular weight is 434 g/mol. The second-order valence-electron chi connectivity index (χ2n) is 6.76. The SMILES string of the molecule is COc1cc(C(=O)OC[C@H]2OC(O)[C@H](O)[C@@H](O)[C@@H]2O)ccc1OC(=O)c1ccccc1. The topological polar surface area (TPSA) is 152 Å². The number of aliphatic hydroxyl groups is 4. The van der Waals surface area contributed by atoms with Gasteiger partial charge in [0.15, 0.2) is 17.8 Å². The minimum absolute atomic E-state index is 0.0581. The lowest BCUT2D eigenvalue weighted by Crippen LogP contribution is -2.58. The molecule has 3 rings (SSSR count). The van der Waals surface area contributed by atoms with Gasteiger partial charge in [0, 0.05) is 0 Å². The first kappa shape index (κ1) is 22.7. The van der Waals surface area contributed by atoms with Crippen molar-refractivity contribution in [2.24, 2.45) is 0 Å². The smallest absolute Gasteiger partial charge is 0.343 e. The van der Waals surface area contributed by atoms with Gasteiger partial charge in [-0.2, -0.15) is 0 Å². The predicted octanol–water partition coefficient (Wildman–Crippen LogP) is -0.129. The van der Waals surface area contributed by atoms with E-state index in [1.54, 1.807) is 30.3 Å². The summed E-state index contributed by atoms with van der Waals surface area (Å²) in [5.41, 5.74) is 0.399. The van der Waals surface area contributed by atoms with Crippen LogP contribution in [0.1, 0.15) is 20.7 Å². The molecule has 1 aliphatic rings. The summed E-state index contributed by atoms with van der Waals surface area (Å²) in [4.78, 5) is 24.6. The zero-order valence-electron chi connectivity index (χ0n) is 16.5. The molecular weight excluding hydrogens is 412 g/mol. The van der Waals surface area contributed by atoms with E-state index < -0.39 is 49.3 Å². The van der Waals surface area contributed by atoms with Gasteiger partial charge in [0.05, 0.1) is 18.2 Å². The van der Waals surface area contributed by atoms with Gasteiger partial charge in [-0.05, 0) is 30.3 Å². The summed E-state index contributed by atoms with van der Waals surface area (Å²) >= 11 is 0. The zero-order chi connectivity index (χ0) is 22.5. The molecule has 0 aromatic heterocycles. The third-order valence-electron chi connectivity index (χ3n) is 4.68. The molecule has 2 aromatic carbocycles. The van der Waals surface area contributed by atoms with Crippen LogP contribution in [0.2, 0.25) is 0 Å². The van der Waals surface area contributed by atoms with Gasteiger partial charge in [-0.3, -0.25) is 0 Å². The van der Waals surface area contributed by atoms with Crippen molar-refractivity contribution in [3.63, 3.8) is 0 Å². The molecule has 0 radical (unpaired) electrons. The fourth-order valence-corrected chi connectivity index (χ4v) is 2.92. The molecule has 0 bridgehead atoms. The highest BCUT2D eigenvalue weighted by Gasteiger charge is 2.43. The van der Waals surface area contributed by atoms with Crippen molar-refractivity contribution in [2.45, 2.75) is 30.7 Å². The van der Waals surface area contributed by atoms with Crippen LogP contribution in [-0.2, 0) is 9.47 Å². The normalized spacial score (nSPS) is 25.5. The van der Waals surface area contributed by atoms with Crippen molar-refractivity contribution in [1.82, 2.24) is 0 Å². The zero-order valence-corrected chi connectivity index (χ0v) is 16.5. The highest BCUT2D eigenvalue weighted by Crippen LogP contribution is 2.29. The lowest BCUT2D eigenvalue weighted by atomic mass is 9.99. The Morgan fingerprint density at radius 3 is 2.26 bits per heavy atom. The van der Waals surface area contributed by atoms with E-state index in [1.807, 2.05) is 0 Å². The summed E-state index contributed by atoms with van der Waals surface area (Å²) in [6, 6.07) is 12.4. The number of methoxy groups -OCH3 is 1. The summed E-state index contributed by atoms with van der Waals surface area (Å²) in [5, 5.41) is 38.6. The van der Waals surface area contributed by atoms with Crippen LogP contribution in [0.15, 0.2) is 48.5 Å².